The number of aryl methyl sites for hydroxylation is 2. The average Bonchev–Trinajstić information content (AvgIpc) is 2.42. The van der Waals surface area contributed by atoms with Gasteiger partial charge in [0.2, 0.25) is 0 Å². The van der Waals surface area contributed by atoms with Crippen LogP contribution < -0.4 is 0 Å². The van der Waals surface area contributed by atoms with Crippen LogP contribution in [-0.4, -0.2) is 0 Å². The summed E-state index contributed by atoms with van der Waals surface area (Å²) in [7, 11) is 0. The van der Waals surface area contributed by atoms with E-state index in [1.807, 2.05) is 12.1 Å². The van der Waals surface area contributed by atoms with Gasteiger partial charge in [0.15, 0.2) is 0 Å². The molecule has 0 aromatic heterocycles. The van der Waals surface area contributed by atoms with Gasteiger partial charge in [0.1, 0.15) is 0 Å². The van der Waals surface area contributed by atoms with Crippen molar-refractivity contribution in [1.29, 1.82) is 0 Å². The topological polar surface area (TPSA) is 0 Å². The summed E-state index contributed by atoms with van der Waals surface area (Å²) in [6.45, 7) is 10.1. The molecule has 0 aliphatic heterocycles. The Bertz CT molecular complexity index is 605. The third-order valence-electron chi connectivity index (χ3n) is 2.58. The van der Waals surface area contributed by atoms with E-state index in [1.165, 1.54) is 11.1 Å². The first kappa shape index (κ1) is 16.8. The average molecular weight is 392 g/mol. The first-order chi connectivity index (χ1) is 9.56. The van der Waals surface area contributed by atoms with Gasteiger partial charge in [-0.25, -0.2) is 0 Å². The summed E-state index contributed by atoms with van der Waals surface area (Å²) in [6.07, 6.45) is 0. The molecule has 2 aromatic carbocycles. The minimum atomic E-state index is 1.01. The number of hydrogen-bond donors (Lipinski definition) is 0. The zero-order chi connectivity index (χ0) is 15.1. The summed E-state index contributed by atoms with van der Waals surface area (Å²) >= 11 is 7.07. The molecule has 2 rings (SSSR count). The molecule has 0 saturated heterocycles. The first-order valence-electron chi connectivity index (χ1n) is 6.10. The third-order valence-corrected chi connectivity index (χ3v) is 3.89. The molecule has 0 unspecified atom stereocenters. The predicted molar refractivity (Wildman–Crippen MR) is 95.0 cm³/mol. The Kier molecular flexibility index (Phi) is 6.78. The SMILES string of the molecule is C=C.Cc1ccc(C#Cc2ccc(C)cc2Br)c(Br)c1. The van der Waals surface area contributed by atoms with E-state index in [0.29, 0.717) is 0 Å². The maximum Gasteiger partial charge on any atom is 0.0391 e. The van der Waals surface area contributed by atoms with Gasteiger partial charge in [-0.1, -0.05) is 24.0 Å². The molecule has 0 nitrogen and oxygen atoms in total. The highest BCUT2D eigenvalue weighted by Gasteiger charge is 1.98. The van der Waals surface area contributed by atoms with Crippen molar-refractivity contribution in [3.05, 3.63) is 80.8 Å². The normalized spacial score (nSPS) is 9.00. The van der Waals surface area contributed by atoms with Crippen molar-refractivity contribution in [3.63, 3.8) is 0 Å². The molecule has 0 bridgehead atoms. The van der Waals surface area contributed by atoms with Gasteiger partial charge in [-0.15, -0.1) is 13.2 Å². The molecule has 20 heavy (non-hydrogen) atoms. The minimum Gasteiger partial charge on any atom is -0.106 e. The molecular formula is C18H16Br2. The van der Waals surface area contributed by atoms with Gasteiger partial charge >= 0.3 is 0 Å². The predicted octanol–water partition coefficient (Wildman–Crippen LogP) is 6.03. The van der Waals surface area contributed by atoms with Crippen molar-refractivity contribution < 1.29 is 0 Å². The standard InChI is InChI=1S/C16H12Br2.C2H4/c1-11-3-5-13(15(17)9-11)7-8-14-6-4-12(2)10-16(14)18;1-2/h3-6,9-10H,1-2H3;1-2H2. The molecule has 0 amide bonds. The molecule has 0 aliphatic rings. The van der Waals surface area contributed by atoms with E-state index < -0.39 is 0 Å². The van der Waals surface area contributed by atoms with E-state index in [-0.39, 0.29) is 0 Å². The monoisotopic (exact) mass is 390 g/mol. The maximum absolute atomic E-state index is 3.54. The van der Waals surface area contributed by atoms with E-state index in [4.69, 9.17) is 0 Å². The Balaban J connectivity index is 0.000000956. The van der Waals surface area contributed by atoms with Crippen LogP contribution >= 0.6 is 31.9 Å². The first-order valence-corrected chi connectivity index (χ1v) is 7.69. The quantitative estimate of drug-likeness (QED) is 0.379. The summed E-state index contributed by atoms with van der Waals surface area (Å²) in [5.41, 5.74) is 4.47. The number of benzene rings is 2. The highest BCUT2D eigenvalue weighted by Crippen LogP contribution is 2.19. The second-order valence-corrected chi connectivity index (χ2v) is 5.93. The number of rotatable bonds is 0. The molecule has 0 N–H and O–H groups in total. The van der Waals surface area contributed by atoms with Gasteiger partial charge in [0.05, 0.1) is 0 Å². The van der Waals surface area contributed by atoms with Crippen molar-refractivity contribution in [2.75, 3.05) is 0 Å². The molecule has 0 fully saturated rings. The number of halogens is 2. The van der Waals surface area contributed by atoms with Crippen molar-refractivity contribution in [2.45, 2.75) is 13.8 Å². The smallest absolute Gasteiger partial charge is 0.0391 e. The summed E-state index contributed by atoms with van der Waals surface area (Å²) < 4.78 is 2.08. The van der Waals surface area contributed by atoms with Crippen molar-refractivity contribution in [1.82, 2.24) is 0 Å². The molecule has 0 radical (unpaired) electrons. The van der Waals surface area contributed by atoms with Gasteiger partial charge in [-0.3, -0.25) is 0 Å². The fourth-order valence-corrected chi connectivity index (χ4v) is 2.76. The van der Waals surface area contributed by atoms with Crippen molar-refractivity contribution in [2.24, 2.45) is 0 Å². The minimum absolute atomic E-state index is 1.01. The lowest BCUT2D eigenvalue weighted by atomic mass is 10.1. The van der Waals surface area contributed by atoms with E-state index in [0.717, 1.165) is 20.1 Å². The molecular weight excluding hydrogens is 376 g/mol. The van der Waals surface area contributed by atoms with E-state index in [9.17, 15) is 0 Å². The Hall–Kier alpha value is -1.30. The van der Waals surface area contributed by atoms with Crippen molar-refractivity contribution >= 4 is 31.9 Å². The van der Waals surface area contributed by atoms with Crippen LogP contribution in [0.3, 0.4) is 0 Å². The molecule has 0 aliphatic carbocycles. The van der Waals surface area contributed by atoms with E-state index in [1.54, 1.807) is 0 Å². The Morgan fingerprint density at radius 3 is 1.40 bits per heavy atom. The van der Waals surface area contributed by atoms with Crippen LogP contribution in [0.2, 0.25) is 0 Å². The van der Waals surface area contributed by atoms with Crippen LogP contribution in [0.4, 0.5) is 0 Å². The molecule has 2 aromatic rings. The van der Waals surface area contributed by atoms with Crippen molar-refractivity contribution in [3.8, 4) is 11.8 Å². The van der Waals surface area contributed by atoms with Gasteiger partial charge in [-0.2, -0.15) is 0 Å². The zero-order valence-corrected chi connectivity index (χ0v) is 14.8. The van der Waals surface area contributed by atoms with E-state index >= 15 is 0 Å². The second-order valence-electron chi connectivity index (χ2n) is 4.22. The van der Waals surface area contributed by atoms with Crippen LogP contribution in [0.15, 0.2) is 58.5 Å². The Labute approximate surface area is 138 Å². The Morgan fingerprint density at radius 1 is 0.750 bits per heavy atom. The van der Waals surface area contributed by atoms with Crippen LogP contribution in [0.25, 0.3) is 0 Å². The summed E-state index contributed by atoms with van der Waals surface area (Å²) in [5.74, 6) is 6.38. The van der Waals surface area contributed by atoms with Crippen LogP contribution in [0.5, 0.6) is 0 Å². The highest BCUT2D eigenvalue weighted by molar-refractivity contribution is 9.10. The lowest BCUT2D eigenvalue weighted by molar-refractivity contribution is 1.42. The molecule has 2 heteroatoms. The van der Waals surface area contributed by atoms with Gasteiger partial charge in [-0.05, 0) is 81.1 Å². The summed E-state index contributed by atoms with van der Waals surface area (Å²) in [5, 5.41) is 0. The summed E-state index contributed by atoms with van der Waals surface area (Å²) in [4.78, 5) is 0. The fourth-order valence-electron chi connectivity index (χ4n) is 1.58. The second kappa shape index (κ2) is 8.09. The van der Waals surface area contributed by atoms with Gasteiger partial charge in [0, 0.05) is 20.1 Å². The largest absolute Gasteiger partial charge is 0.106 e. The Morgan fingerprint density at radius 2 is 1.10 bits per heavy atom. The van der Waals surface area contributed by atoms with Crippen LogP contribution in [0, 0.1) is 25.7 Å². The van der Waals surface area contributed by atoms with Crippen LogP contribution in [-0.2, 0) is 0 Å². The highest BCUT2D eigenvalue weighted by atomic mass is 79.9. The van der Waals surface area contributed by atoms with Crippen LogP contribution in [0.1, 0.15) is 22.3 Å². The lowest BCUT2D eigenvalue weighted by Crippen LogP contribution is -1.82. The molecule has 102 valence electrons. The van der Waals surface area contributed by atoms with Gasteiger partial charge in [0.25, 0.3) is 0 Å². The third kappa shape index (κ3) is 4.67. The number of hydrogen-bond acceptors (Lipinski definition) is 0. The molecule has 0 saturated carbocycles. The molecule has 0 spiro atoms. The zero-order valence-electron chi connectivity index (χ0n) is 11.6. The van der Waals surface area contributed by atoms with Gasteiger partial charge < -0.3 is 0 Å². The fraction of sp³-hybridized carbons (Fsp3) is 0.111. The van der Waals surface area contributed by atoms with E-state index in [2.05, 4.69) is 95.0 Å². The molecule has 0 heterocycles. The molecule has 0 atom stereocenters. The summed E-state index contributed by atoms with van der Waals surface area (Å²) in [6, 6.07) is 12.4. The maximum atomic E-state index is 3.54. The lowest BCUT2D eigenvalue weighted by Gasteiger charge is -1.99.